The molecule has 3 rings (SSSR count). The molecular formula is C20H14ClN3. The number of nitrogens with zero attached hydrogens (tertiary/aromatic N) is 3. The molecule has 1 heterocycles. The van der Waals surface area contributed by atoms with Gasteiger partial charge in [0.2, 0.25) is 0 Å². The topological polar surface area (TPSA) is 52.5 Å². The smallest absolute Gasteiger partial charge is 0.130 e. The van der Waals surface area contributed by atoms with Crippen molar-refractivity contribution in [1.82, 2.24) is 4.57 Å². The van der Waals surface area contributed by atoms with E-state index in [0.717, 1.165) is 27.7 Å². The number of nitriles is 2. The van der Waals surface area contributed by atoms with E-state index in [-0.39, 0.29) is 5.57 Å². The predicted molar refractivity (Wildman–Crippen MR) is 96.4 cm³/mol. The lowest BCUT2D eigenvalue weighted by Gasteiger charge is -2.09. The Morgan fingerprint density at radius 1 is 1.08 bits per heavy atom. The molecule has 0 N–H and O–H groups in total. The fourth-order valence-corrected chi connectivity index (χ4v) is 2.98. The molecule has 0 spiro atoms. The first-order chi connectivity index (χ1) is 11.6. The van der Waals surface area contributed by atoms with Crippen LogP contribution in [-0.2, 0) is 6.54 Å². The van der Waals surface area contributed by atoms with E-state index in [4.69, 9.17) is 22.1 Å². The summed E-state index contributed by atoms with van der Waals surface area (Å²) in [6, 6.07) is 19.6. The first-order valence-electron chi connectivity index (χ1n) is 7.48. The van der Waals surface area contributed by atoms with E-state index in [1.807, 2.05) is 67.6 Å². The predicted octanol–water partition coefficient (Wildman–Crippen LogP) is 5.08. The summed E-state index contributed by atoms with van der Waals surface area (Å²) in [5.41, 5.74) is 4.25. The Morgan fingerprint density at radius 3 is 2.42 bits per heavy atom. The van der Waals surface area contributed by atoms with Gasteiger partial charge >= 0.3 is 0 Å². The van der Waals surface area contributed by atoms with Crippen LogP contribution >= 0.6 is 11.6 Å². The van der Waals surface area contributed by atoms with E-state index in [0.29, 0.717) is 11.6 Å². The molecule has 0 saturated carbocycles. The minimum Gasteiger partial charge on any atom is -0.340 e. The molecule has 0 fully saturated rings. The quantitative estimate of drug-likeness (QED) is 0.628. The summed E-state index contributed by atoms with van der Waals surface area (Å²) in [5.74, 6) is 0. The van der Waals surface area contributed by atoms with Gasteiger partial charge in [0.1, 0.15) is 17.7 Å². The molecule has 0 bridgehead atoms. The number of para-hydroxylation sites is 1. The van der Waals surface area contributed by atoms with Crippen molar-refractivity contribution < 1.29 is 0 Å². The largest absolute Gasteiger partial charge is 0.340 e. The van der Waals surface area contributed by atoms with Crippen LogP contribution in [0.2, 0.25) is 5.02 Å². The molecular weight excluding hydrogens is 318 g/mol. The lowest BCUT2D eigenvalue weighted by Crippen LogP contribution is -2.01. The number of halogens is 1. The second-order valence-electron chi connectivity index (χ2n) is 5.51. The molecule has 0 aliphatic rings. The Bertz CT molecular complexity index is 996. The monoisotopic (exact) mass is 331 g/mol. The number of aromatic nitrogens is 1. The van der Waals surface area contributed by atoms with Crippen LogP contribution in [0.5, 0.6) is 0 Å². The first kappa shape index (κ1) is 15.9. The molecule has 24 heavy (non-hydrogen) atoms. The minimum absolute atomic E-state index is 0.104. The third-order valence-electron chi connectivity index (χ3n) is 4.06. The van der Waals surface area contributed by atoms with Crippen LogP contribution in [0.1, 0.15) is 16.8 Å². The van der Waals surface area contributed by atoms with E-state index < -0.39 is 0 Å². The van der Waals surface area contributed by atoms with Crippen LogP contribution in [-0.4, -0.2) is 4.57 Å². The molecule has 0 aliphatic carbocycles. The maximum atomic E-state index is 9.06. The van der Waals surface area contributed by atoms with Crippen LogP contribution in [0.4, 0.5) is 0 Å². The van der Waals surface area contributed by atoms with Crippen molar-refractivity contribution in [3.63, 3.8) is 0 Å². The van der Waals surface area contributed by atoms with Gasteiger partial charge in [0.15, 0.2) is 0 Å². The Labute approximate surface area is 145 Å². The van der Waals surface area contributed by atoms with Gasteiger partial charge in [-0.25, -0.2) is 0 Å². The van der Waals surface area contributed by atoms with E-state index in [2.05, 4.69) is 4.57 Å². The Balaban J connectivity index is 2.17. The van der Waals surface area contributed by atoms with Crippen LogP contribution in [0.25, 0.3) is 17.0 Å². The van der Waals surface area contributed by atoms with E-state index in [1.54, 1.807) is 6.08 Å². The average Bonchev–Trinajstić information content (AvgIpc) is 2.87. The molecule has 116 valence electrons. The third kappa shape index (κ3) is 2.91. The van der Waals surface area contributed by atoms with Gasteiger partial charge in [0.25, 0.3) is 0 Å². The Morgan fingerprint density at radius 2 is 1.75 bits per heavy atom. The Hall–Kier alpha value is -3.01. The van der Waals surface area contributed by atoms with Crippen LogP contribution in [0.15, 0.2) is 54.1 Å². The van der Waals surface area contributed by atoms with Crippen molar-refractivity contribution >= 4 is 28.6 Å². The van der Waals surface area contributed by atoms with Crippen molar-refractivity contribution in [2.45, 2.75) is 13.5 Å². The van der Waals surface area contributed by atoms with Crippen molar-refractivity contribution in [2.24, 2.45) is 0 Å². The SMILES string of the molecule is Cc1c(C=C(C#N)C#N)c2ccccc2n1Cc1ccc(Cl)cc1. The van der Waals surface area contributed by atoms with Gasteiger partial charge < -0.3 is 4.57 Å². The summed E-state index contributed by atoms with van der Waals surface area (Å²) in [6.07, 6.45) is 1.66. The van der Waals surface area contributed by atoms with Crippen LogP contribution in [0.3, 0.4) is 0 Å². The van der Waals surface area contributed by atoms with Gasteiger partial charge in [-0.05, 0) is 36.8 Å². The maximum Gasteiger partial charge on any atom is 0.130 e. The second-order valence-corrected chi connectivity index (χ2v) is 5.95. The lowest BCUT2D eigenvalue weighted by atomic mass is 10.1. The average molecular weight is 332 g/mol. The van der Waals surface area contributed by atoms with Crippen molar-refractivity contribution in [3.8, 4) is 12.1 Å². The summed E-state index contributed by atoms with van der Waals surface area (Å²) >= 11 is 5.96. The van der Waals surface area contributed by atoms with Gasteiger partial charge in [-0.1, -0.05) is 41.9 Å². The molecule has 2 aromatic carbocycles. The van der Waals surface area contributed by atoms with E-state index >= 15 is 0 Å². The third-order valence-corrected chi connectivity index (χ3v) is 4.32. The molecule has 0 atom stereocenters. The zero-order valence-corrected chi connectivity index (χ0v) is 13.9. The minimum atomic E-state index is 0.104. The number of allylic oxidation sites excluding steroid dienone is 1. The first-order valence-corrected chi connectivity index (χ1v) is 7.86. The number of rotatable bonds is 3. The van der Waals surface area contributed by atoms with E-state index in [1.165, 1.54) is 0 Å². The number of benzene rings is 2. The highest BCUT2D eigenvalue weighted by Gasteiger charge is 2.13. The summed E-state index contributed by atoms with van der Waals surface area (Å²) in [5, 5.41) is 19.9. The van der Waals surface area contributed by atoms with Crippen molar-refractivity contribution in [3.05, 3.63) is 75.9 Å². The fraction of sp³-hybridized carbons (Fsp3) is 0.100. The summed E-state index contributed by atoms with van der Waals surface area (Å²) in [4.78, 5) is 0. The van der Waals surface area contributed by atoms with E-state index in [9.17, 15) is 0 Å². The molecule has 0 aliphatic heterocycles. The number of fused-ring (bicyclic) bond motifs is 1. The number of hydrogen-bond acceptors (Lipinski definition) is 2. The van der Waals surface area contributed by atoms with Gasteiger partial charge in [0.05, 0.1) is 0 Å². The van der Waals surface area contributed by atoms with Crippen molar-refractivity contribution in [1.29, 1.82) is 10.5 Å². The number of hydrogen-bond donors (Lipinski definition) is 0. The molecule has 0 unspecified atom stereocenters. The summed E-state index contributed by atoms with van der Waals surface area (Å²) in [6.45, 7) is 2.71. The fourth-order valence-electron chi connectivity index (χ4n) is 2.85. The summed E-state index contributed by atoms with van der Waals surface area (Å²) in [7, 11) is 0. The highest BCUT2D eigenvalue weighted by Crippen LogP contribution is 2.28. The Kier molecular flexibility index (Phi) is 4.38. The highest BCUT2D eigenvalue weighted by atomic mass is 35.5. The maximum absolute atomic E-state index is 9.06. The molecule has 0 amide bonds. The van der Waals surface area contributed by atoms with Crippen molar-refractivity contribution in [2.75, 3.05) is 0 Å². The molecule has 3 aromatic rings. The van der Waals surface area contributed by atoms with Crippen LogP contribution in [0, 0.1) is 29.6 Å². The van der Waals surface area contributed by atoms with Crippen LogP contribution < -0.4 is 0 Å². The molecule has 1 aromatic heterocycles. The van der Waals surface area contributed by atoms with Gasteiger partial charge in [-0.2, -0.15) is 10.5 Å². The summed E-state index contributed by atoms with van der Waals surface area (Å²) < 4.78 is 2.19. The molecule has 0 radical (unpaired) electrons. The second kappa shape index (κ2) is 6.62. The highest BCUT2D eigenvalue weighted by molar-refractivity contribution is 6.30. The normalized spacial score (nSPS) is 10.2. The van der Waals surface area contributed by atoms with Gasteiger partial charge in [0, 0.05) is 33.7 Å². The molecule has 0 saturated heterocycles. The zero-order chi connectivity index (χ0) is 17.1. The standard InChI is InChI=1S/C20H14ClN3/c1-14-19(10-16(11-22)12-23)18-4-2-3-5-20(18)24(14)13-15-6-8-17(21)9-7-15/h2-10H,13H2,1H3. The molecule has 4 heteroatoms. The lowest BCUT2D eigenvalue weighted by molar-refractivity contribution is 0.804. The molecule has 3 nitrogen and oxygen atoms in total. The zero-order valence-electron chi connectivity index (χ0n) is 13.1. The van der Waals surface area contributed by atoms with Gasteiger partial charge in [-0.15, -0.1) is 0 Å². The van der Waals surface area contributed by atoms with Gasteiger partial charge in [-0.3, -0.25) is 0 Å².